The van der Waals surface area contributed by atoms with E-state index in [1.165, 1.54) is 11.1 Å². The summed E-state index contributed by atoms with van der Waals surface area (Å²) in [4.78, 5) is 0.134. The Kier molecular flexibility index (Phi) is 5.11. The molecule has 2 aromatic carbocycles. The molecule has 0 saturated heterocycles. The highest BCUT2D eigenvalue weighted by molar-refractivity contribution is 9.09. The molecule has 0 radical (unpaired) electrons. The first-order valence-corrected chi connectivity index (χ1v) is 7.94. The Balaban J connectivity index is 2.25. The van der Waals surface area contributed by atoms with Crippen molar-refractivity contribution in [1.82, 2.24) is 0 Å². The maximum Gasteiger partial charge on any atom is 0.119 e. The first-order chi connectivity index (χ1) is 9.49. The zero-order valence-electron chi connectivity index (χ0n) is 11.9. The molecule has 0 bridgehead atoms. The minimum atomic E-state index is 0.134. The largest absolute Gasteiger partial charge is 0.491 e. The second-order valence-corrected chi connectivity index (χ2v) is 6.38. The molecule has 1 unspecified atom stereocenters. The molecular weight excluding hydrogens is 336 g/mol. The van der Waals surface area contributed by atoms with Gasteiger partial charge in [-0.05, 0) is 55.7 Å². The van der Waals surface area contributed by atoms with Crippen LogP contribution in [0.5, 0.6) is 5.75 Å². The molecule has 3 heteroatoms. The quantitative estimate of drug-likeness (QED) is 0.620. The summed E-state index contributed by atoms with van der Waals surface area (Å²) in [5.41, 5.74) is 3.49. The predicted molar refractivity (Wildman–Crippen MR) is 89.2 cm³/mol. The molecule has 0 amide bonds. The van der Waals surface area contributed by atoms with Gasteiger partial charge in [0, 0.05) is 5.02 Å². The minimum Gasteiger partial charge on any atom is -0.491 e. The van der Waals surface area contributed by atoms with E-state index in [2.05, 4.69) is 34.1 Å². The summed E-state index contributed by atoms with van der Waals surface area (Å²) in [6.45, 7) is 6.09. The van der Waals surface area contributed by atoms with Crippen molar-refractivity contribution in [1.29, 1.82) is 0 Å². The van der Waals surface area contributed by atoms with E-state index < -0.39 is 0 Å². The van der Waals surface area contributed by atoms with E-state index in [1.807, 2.05) is 45.0 Å². The molecule has 1 atom stereocenters. The highest BCUT2D eigenvalue weighted by Gasteiger charge is 2.14. The summed E-state index contributed by atoms with van der Waals surface area (Å²) in [5, 5.41) is 0.798. The minimum absolute atomic E-state index is 0.134. The van der Waals surface area contributed by atoms with Crippen molar-refractivity contribution in [2.24, 2.45) is 0 Å². The van der Waals surface area contributed by atoms with Crippen LogP contribution in [-0.2, 0) is 0 Å². The van der Waals surface area contributed by atoms with Crippen LogP contribution in [0, 0.1) is 6.92 Å². The third-order valence-corrected chi connectivity index (χ3v) is 4.56. The highest BCUT2D eigenvalue weighted by Crippen LogP contribution is 2.35. The lowest BCUT2D eigenvalue weighted by Gasteiger charge is -2.16. The lowest BCUT2D eigenvalue weighted by Crippen LogP contribution is -2.05. The predicted octanol–water partition coefficient (Wildman–Crippen LogP) is 5.92. The van der Waals surface area contributed by atoms with Crippen molar-refractivity contribution < 1.29 is 4.74 Å². The van der Waals surface area contributed by atoms with E-state index >= 15 is 0 Å². The molecule has 0 aromatic heterocycles. The molecule has 0 aliphatic carbocycles. The Hall–Kier alpha value is -0.990. The average molecular weight is 354 g/mol. The van der Waals surface area contributed by atoms with E-state index in [4.69, 9.17) is 16.3 Å². The lowest BCUT2D eigenvalue weighted by molar-refractivity contribution is 0.242. The van der Waals surface area contributed by atoms with Crippen molar-refractivity contribution in [2.75, 3.05) is 0 Å². The summed E-state index contributed by atoms with van der Waals surface area (Å²) in [6, 6.07) is 14.2. The van der Waals surface area contributed by atoms with Gasteiger partial charge in [-0.3, -0.25) is 0 Å². The van der Waals surface area contributed by atoms with Gasteiger partial charge in [0.1, 0.15) is 5.75 Å². The number of benzene rings is 2. The van der Waals surface area contributed by atoms with Gasteiger partial charge in [0.15, 0.2) is 0 Å². The van der Waals surface area contributed by atoms with E-state index in [9.17, 15) is 0 Å². The second-order valence-electron chi connectivity index (χ2n) is 5.05. The van der Waals surface area contributed by atoms with Crippen LogP contribution in [0.25, 0.3) is 0 Å². The number of ether oxygens (including phenoxy) is 1. The molecule has 2 rings (SSSR count). The third kappa shape index (κ3) is 3.56. The van der Waals surface area contributed by atoms with Gasteiger partial charge in [0.05, 0.1) is 10.9 Å². The van der Waals surface area contributed by atoms with Crippen molar-refractivity contribution >= 4 is 27.5 Å². The smallest absolute Gasteiger partial charge is 0.119 e. The number of hydrogen-bond donors (Lipinski definition) is 0. The normalized spacial score (nSPS) is 12.5. The maximum absolute atomic E-state index is 6.19. The third-order valence-electron chi connectivity index (χ3n) is 3.13. The molecule has 0 saturated carbocycles. The monoisotopic (exact) mass is 352 g/mol. The molecule has 0 aliphatic rings. The average Bonchev–Trinajstić information content (AvgIpc) is 2.41. The van der Waals surface area contributed by atoms with Crippen molar-refractivity contribution in [3.8, 4) is 5.75 Å². The van der Waals surface area contributed by atoms with Gasteiger partial charge in [-0.2, -0.15) is 0 Å². The summed E-state index contributed by atoms with van der Waals surface area (Å²) in [6.07, 6.45) is 0.191. The molecule has 0 fully saturated rings. The molecule has 0 aliphatic heterocycles. The molecule has 0 N–H and O–H groups in total. The van der Waals surface area contributed by atoms with Crippen LogP contribution in [0.15, 0.2) is 42.5 Å². The summed E-state index contributed by atoms with van der Waals surface area (Å²) in [7, 11) is 0. The molecular formula is C17H18BrClO. The number of hydrogen-bond acceptors (Lipinski definition) is 1. The van der Waals surface area contributed by atoms with Crippen molar-refractivity contribution in [3.05, 3.63) is 64.2 Å². The van der Waals surface area contributed by atoms with Gasteiger partial charge in [0.25, 0.3) is 0 Å². The van der Waals surface area contributed by atoms with Crippen LogP contribution >= 0.6 is 27.5 Å². The molecule has 1 nitrogen and oxygen atoms in total. The van der Waals surface area contributed by atoms with Crippen LogP contribution in [-0.4, -0.2) is 6.10 Å². The Morgan fingerprint density at radius 1 is 1.05 bits per heavy atom. The summed E-state index contributed by atoms with van der Waals surface area (Å²) < 4.78 is 5.66. The SMILES string of the molecule is Cc1c(Cl)cccc1C(Br)c1ccc(OC(C)C)cc1. The van der Waals surface area contributed by atoms with Gasteiger partial charge in [-0.15, -0.1) is 0 Å². The van der Waals surface area contributed by atoms with E-state index in [1.54, 1.807) is 0 Å². The maximum atomic E-state index is 6.19. The lowest BCUT2D eigenvalue weighted by atomic mass is 10.0. The molecule has 0 spiro atoms. The standard InChI is InChI=1S/C17H18BrClO/c1-11(2)20-14-9-7-13(8-10-14)17(18)15-5-4-6-16(19)12(15)3/h4-11,17H,1-3H3. The Morgan fingerprint density at radius 2 is 1.70 bits per heavy atom. The zero-order chi connectivity index (χ0) is 14.7. The Morgan fingerprint density at radius 3 is 2.30 bits per heavy atom. The number of halogens is 2. The first-order valence-electron chi connectivity index (χ1n) is 6.64. The summed E-state index contributed by atoms with van der Waals surface area (Å²) >= 11 is 9.94. The van der Waals surface area contributed by atoms with E-state index in [0.717, 1.165) is 16.3 Å². The fourth-order valence-corrected chi connectivity index (χ4v) is 3.05. The second kappa shape index (κ2) is 6.64. The van der Waals surface area contributed by atoms with Crippen LogP contribution in [0.2, 0.25) is 5.02 Å². The zero-order valence-corrected chi connectivity index (χ0v) is 14.2. The number of rotatable bonds is 4. The first kappa shape index (κ1) is 15.4. The molecule has 20 heavy (non-hydrogen) atoms. The van der Waals surface area contributed by atoms with Crippen LogP contribution < -0.4 is 4.74 Å². The Bertz CT molecular complexity index is 578. The van der Waals surface area contributed by atoms with Gasteiger partial charge < -0.3 is 4.74 Å². The van der Waals surface area contributed by atoms with Gasteiger partial charge >= 0.3 is 0 Å². The van der Waals surface area contributed by atoms with Gasteiger partial charge in [-0.25, -0.2) is 0 Å². The highest BCUT2D eigenvalue weighted by atomic mass is 79.9. The van der Waals surface area contributed by atoms with Crippen LogP contribution in [0.3, 0.4) is 0 Å². The van der Waals surface area contributed by atoms with E-state index in [-0.39, 0.29) is 10.9 Å². The summed E-state index contributed by atoms with van der Waals surface area (Å²) in [5.74, 6) is 0.895. The van der Waals surface area contributed by atoms with Gasteiger partial charge in [0.2, 0.25) is 0 Å². The van der Waals surface area contributed by atoms with Crippen molar-refractivity contribution in [2.45, 2.75) is 31.7 Å². The Labute approximate surface area is 134 Å². The van der Waals surface area contributed by atoms with Gasteiger partial charge in [-0.1, -0.05) is 51.8 Å². The fraction of sp³-hybridized carbons (Fsp3) is 0.294. The fourth-order valence-electron chi connectivity index (χ4n) is 2.07. The number of alkyl halides is 1. The van der Waals surface area contributed by atoms with Crippen LogP contribution in [0.1, 0.15) is 35.4 Å². The molecule has 0 heterocycles. The molecule has 2 aromatic rings. The van der Waals surface area contributed by atoms with E-state index in [0.29, 0.717) is 0 Å². The van der Waals surface area contributed by atoms with Crippen LogP contribution in [0.4, 0.5) is 0 Å². The topological polar surface area (TPSA) is 9.23 Å². The molecule has 106 valence electrons. The van der Waals surface area contributed by atoms with Crippen molar-refractivity contribution in [3.63, 3.8) is 0 Å².